The van der Waals surface area contributed by atoms with Gasteiger partial charge in [-0.05, 0) is 12.1 Å². The van der Waals surface area contributed by atoms with Crippen LogP contribution in [0.1, 0.15) is 11.8 Å². The fraction of sp³-hybridized carbons (Fsp3) is 0.200. The van der Waals surface area contributed by atoms with Crippen molar-refractivity contribution in [3.8, 4) is 0 Å². The van der Waals surface area contributed by atoms with Crippen LogP contribution in [0.4, 0.5) is 0 Å². The van der Waals surface area contributed by atoms with Crippen molar-refractivity contribution >= 4 is 34.7 Å². The van der Waals surface area contributed by atoms with Crippen LogP contribution in [0.15, 0.2) is 24.3 Å². The third kappa shape index (κ3) is 1.82. The Kier molecular flexibility index (Phi) is 2.63. The zero-order chi connectivity index (χ0) is 11.0. The molecular weight excluding hydrogens is 232 g/mol. The Bertz CT molecular complexity index is 418. The number of benzene rings is 1. The number of rotatable bonds is 1. The molecule has 15 heavy (non-hydrogen) atoms. The van der Waals surface area contributed by atoms with Gasteiger partial charge in [0.25, 0.3) is 0 Å². The van der Waals surface area contributed by atoms with Gasteiger partial charge in [0, 0.05) is 17.6 Å². The van der Waals surface area contributed by atoms with Gasteiger partial charge in [-0.15, -0.1) is 0 Å². The van der Waals surface area contributed by atoms with E-state index in [1.54, 1.807) is 17.0 Å². The molecule has 1 N–H and O–H groups in total. The van der Waals surface area contributed by atoms with Gasteiger partial charge in [-0.25, -0.2) is 0 Å². The largest absolute Gasteiger partial charge is 0.447 e. The summed E-state index contributed by atoms with van der Waals surface area (Å²) in [7, 11) is 1.81. The van der Waals surface area contributed by atoms with Crippen molar-refractivity contribution in [2.75, 3.05) is 7.05 Å². The molecule has 0 radical (unpaired) electrons. The van der Waals surface area contributed by atoms with Crippen LogP contribution < -0.4 is 0 Å². The lowest BCUT2D eigenvalue weighted by Gasteiger charge is -2.18. The molecule has 78 valence electrons. The molecule has 0 spiro atoms. The smallest absolute Gasteiger partial charge is 0.244 e. The molecule has 1 aliphatic rings. The molecule has 1 heterocycles. The molecule has 3 nitrogen and oxygen atoms in total. The molecule has 1 aliphatic heterocycles. The maximum atomic E-state index is 7.48. The van der Waals surface area contributed by atoms with Gasteiger partial charge < -0.3 is 9.64 Å². The van der Waals surface area contributed by atoms with Crippen molar-refractivity contribution in [1.29, 1.82) is 5.41 Å². The first-order chi connectivity index (χ1) is 7.09. The minimum atomic E-state index is -0.303. The van der Waals surface area contributed by atoms with Gasteiger partial charge in [-0.1, -0.05) is 36.0 Å². The molecule has 0 aliphatic carbocycles. The van der Waals surface area contributed by atoms with Gasteiger partial charge in [0.15, 0.2) is 4.99 Å². The van der Waals surface area contributed by atoms with Crippen molar-refractivity contribution in [1.82, 2.24) is 4.90 Å². The quantitative estimate of drug-likeness (QED) is 0.767. The highest BCUT2D eigenvalue weighted by atomic mass is 35.5. The second-order valence-corrected chi connectivity index (χ2v) is 4.09. The maximum absolute atomic E-state index is 7.48. The fourth-order valence-corrected chi connectivity index (χ4v) is 1.70. The third-order valence-electron chi connectivity index (χ3n) is 2.25. The minimum Gasteiger partial charge on any atom is -0.447 e. The second kappa shape index (κ2) is 3.79. The second-order valence-electron chi connectivity index (χ2n) is 3.27. The topological polar surface area (TPSA) is 36.3 Å². The Morgan fingerprint density at radius 1 is 1.40 bits per heavy atom. The lowest BCUT2D eigenvalue weighted by molar-refractivity contribution is 0.116. The van der Waals surface area contributed by atoms with Gasteiger partial charge in [-0.3, -0.25) is 5.41 Å². The predicted molar refractivity (Wildman–Crippen MR) is 63.4 cm³/mol. The molecule has 2 rings (SSSR count). The highest BCUT2D eigenvalue weighted by molar-refractivity contribution is 7.82. The van der Waals surface area contributed by atoms with E-state index in [4.69, 9.17) is 34.0 Å². The molecule has 5 heteroatoms. The number of nitrogens with one attached hydrogen (secondary N) is 1. The zero-order valence-corrected chi connectivity index (χ0v) is 9.60. The number of ether oxygens (including phenoxy) is 1. The van der Waals surface area contributed by atoms with Crippen LogP contribution in [-0.4, -0.2) is 22.8 Å². The Hall–Kier alpha value is -1.13. The van der Waals surface area contributed by atoms with Gasteiger partial charge in [-0.2, -0.15) is 0 Å². The van der Waals surface area contributed by atoms with Crippen molar-refractivity contribution in [2.45, 2.75) is 6.23 Å². The van der Waals surface area contributed by atoms with Crippen LogP contribution >= 0.6 is 23.8 Å². The Balaban J connectivity index is 2.29. The normalized spacial score (nSPS) is 20.7. The van der Waals surface area contributed by atoms with Crippen molar-refractivity contribution < 1.29 is 4.74 Å². The Morgan fingerprint density at radius 2 is 2.00 bits per heavy atom. The number of hydrogen-bond donors (Lipinski definition) is 1. The summed E-state index contributed by atoms with van der Waals surface area (Å²) in [5.74, 6) is 0.0486. The van der Waals surface area contributed by atoms with Gasteiger partial charge in [0.1, 0.15) is 0 Å². The molecule has 0 aromatic heterocycles. The lowest BCUT2D eigenvalue weighted by atomic mass is 10.2. The fourth-order valence-electron chi connectivity index (χ4n) is 1.43. The first kappa shape index (κ1) is 10.4. The van der Waals surface area contributed by atoms with Gasteiger partial charge >= 0.3 is 0 Å². The first-order valence-corrected chi connectivity index (χ1v) is 5.16. The SMILES string of the molecule is CN1C(=S)C(=N)O[C@@H]1c1ccc(Cl)cc1. The molecule has 0 unspecified atom stereocenters. The summed E-state index contributed by atoms with van der Waals surface area (Å²) < 4.78 is 5.34. The van der Waals surface area contributed by atoms with E-state index in [1.807, 2.05) is 19.2 Å². The Labute approximate surface area is 98.1 Å². The van der Waals surface area contributed by atoms with E-state index in [0.29, 0.717) is 10.0 Å². The minimum absolute atomic E-state index is 0.0486. The van der Waals surface area contributed by atoms with Crippen LogP contribution in [0, 0.1) is 5.41 Å². The molecule has 1 aromatic rings. The summed E-state index contributed by atoms with van der Waals surface area (Å²) in [5.41, 5.74) is 0.937. The molecule has 1 atom stereocenters. The van der Waals surface area contributed by atoms with Crippen LogP contribution in [0.5, 0.6) is 0 Å². The van der Waals surface area contributed by atoms with Gasteiger partial charge in [0.2, 0.25) is 12.1 Å². The van der Waals surface area contributed by atoms with E-state index in [-0.39, 0.29) is 12.1 Å². The van der Waals surface area contributed by atoms with E-state index in [9.17, 15) is 0 Å². The first-order valence-electron chi connectivity index (χ1n) is 4.37. The average molecular weight is 241 g/mol. The number of halogens is 1. The molecule has 1 saturated heterocycles. The number of likely N-dealkylation sites (N-methyl/N-ethyl adjacent to an activating group) is 1. The highest BCUT2D eigenvalue weighted by Crippen LogP contribution is 2.28. The standard InChI is InChI=1S/C10H9ClN2OS/c1-13-9(14-8(12)10(13)15)6-2-4-7(11)5-3-6/h2-5,9,12H,1H3/t9-/m1/s1. The van der Waals surface area contributed by atoms with E-state index >= 15 is 0 Å². The Morgan fingerprint density at radius 3 is 2.47 bits per heavy atom. The van der Waals surface area contributed by atoms with Gasteiger partial charge in [0.05, 0.1) is 0 Å². The highest BCUT2D eigenvalue weighted by Gasteiger charge is 2.32. The zero-order valence-electron chi connectivity index (χ0n) is 8.03. The number of hydrogen-bond acceptors (Lipinski definition) is 3. The molecular formula is C10H9ClN2OS. The lowest BCUT2D eigenvalue weighted by Crippen LogP contribution is -2.23. The number of thiocarbonyl (C=S) groups is 1. The summed E-state index contributed by atoms with van der Waals surface area (Å²) in [5, 5.41) is 8.15. The van der Waals surface area contributed by atoms with E-state index in [0.717, 1.165) is 5.56 Å². The van der Waals surface area contributed by atoms with E-state index < -0.39 is 0 Å². The molecule has 1 fully saturated rings. The van der Waals surface area contributed by atoms with Crippen molar-refractivity contribution in [3.05, 3.63) is 34.9 Å². The van der Waals surface area contributed by atoms with Crippen molar-refractivity contribution in [2.24, 2.45) is 0 Å². The van der Waals surface area contributed by atoms with Crippen molar-refractivity contribution in [3.63, 3.8) is 0 Å². The summed E-state index contributed by atoms with van der Waals surface area (Å²) in [6.45, 7) is 0. The summed E-state index contributed by atoms with van der Waals surface area (Å²) in [6, 6.07) is 7.31. The monoisotopic (exact) mass is 240 g/mol. The molecule has 0 amide bonds. The maximum Gasteiger partial charge on any atom is 0.244 e. The van der Waals surface area contributed by atoms with E-state index in [2.05, 4.69) is 0 Å². The van der Waals surface area contributed by atoms with E-state index in [1.165, 1.54) is 0 Å². The summed E-state index contributed by atoms with van der Waals surface area (Å²) in [6.07, 6.45) is -0.303. The molecule has 0 saturated carbocycles. The third-order valence-corrected chi connectivity index (χ3v) is 2.98. The summed E-state index contributed by atoms with van der Waals surface area (Å²) in [4.78, 5) is 2.18. The average Bonchev–Trinajstić information content (AvgIpc) is 2.47. The molecule has 0 bridgehead atoms. The van der Waals surface area contributed by atoms with Crippen LogP contribution in [0.2, 0.25) is 5.02 Å². The van der Waals surface area contributed by atoms with Crippen LogP contribution in [0.3, 0.4) is 0 Å². The predicted octanol–water partition coefficient (Wildman–Crippen LogP) is 2.61. The number of nitrogens with zero attached hydrogens (tertiary/aromatic N) is 1. The van der Waals surface area contributed by atoms with Crippen LogP contribution in [-0.2, 0) is 4.74 Å². The summed E-state index contributed by atoms with van der Waals surface area (Å²) >= 11 is 10.8. The van der Waals surface area contributed by atoms with Crippen LogP contribution in [0.25, 0.3) is 0 Å². The molecule has 1 aromatic carbocycles.